The van der Waals surface area contributed by atoms with Gasteiger partial charge in [0, 0.05) is 22.6 Å². The summed E-state index contributed by atoms with van der Waals surface area (Å²) in [5, 5.41) is 1.75. The third kappa shape index (κ3) is 4.96. The van der Waals surface area contributed by atoms with Crippen molar-refractivity contribution in [2.45, 2.75) is 52.4 Å². The van der Waals surface area contributed by atoms with Gasteiger partial charge in [-0.25, -0.2) is 0 Å². The lowest BCUT2D eigenvalue weighted by atomic mass is 9.83. The highest BCUT2D eigenvalue weighted by Gasteiger charge is 2.25. The number of carbonyl (C=O) groups excluding carboxylic acids is 2. The SMILES string of the molecule is C#Cc1ccc2ccc(C#CCC(=O)C(C)C3CCCC(C)CC3)cc2c1C=O. The van der Waals surface area contributed by atoms with Crippen molar-refractivity contribution in [1.29, 1.82) is 0 Å². The fourth-order valence-electron chi connectivity index (χ4n) is 4.35. The maximum Gasteiger partial charge on any atom is 0.151 e. The number of fused-ring (bicyclic) bond motifs is 1. The molecule has 0 radical (unpaired) electrons. The van der Waals surface area contributed by atoms with E-state index >= 15 is 0 Å². The number of Topliss-reactive ketones (excluding diaryl/α,β-unsaturated/α-hetero) is 1. The minimum Gasteiger partial charge on any atom is -0.298 e. The predicted molar refractivity (Wildman–Crippen MR) is 119 cm³/mol. The van der Waals surface area contributed by atoms with Gasteiger partial charge >= 0.3 is 0 Å². The molecule has 148 valence electrons. The molecule has 0 aromatic heterocycles. The Morgan fingerprint density at radius 1 is 1.21 bits per heavy atom. The summed E-state index contributed by atoms with van der Waals surface area (Å²) >= 11 is 0. The third-order valence-electron chi connectivity index (χ3n) is 6.35. The summed E-state index contributed by atoms with van der Waals surface area (Å²) < 4.78 is 0. The molecule has 3 rings (SSSR count). The summed E-state index contributed by atoms with van der Waals surface area (Å²) in [7, 11) is 0. The number of benzene rings is 2. The van der Waals surface area contributed by atoms with Crippen LogP contribution in [0, 0.1) is 41.9 Å². The van der Waals surface area contributed by atoms with E-state index in [1.54, 1.807) is 6.07 Å². The standard InChI is InChI=1S/C27H28O2/c1-4-22-15-16-24-14-12-21(17-25(24)26(22)18-28)8-6-10-27(29)20(3)23-9-5-7-19(2)11-13-23/h1,12,14-20,23H,5,7,9-11,13H2,2-3H3. The molecule has 29 heavy (non-hydrogen) atoms. The molecule has 3 atom stereocenters. The first-order valence-electron chi connectivity index (χ1n) is 10.5. The van der Waals surface area contributed by atoms with Gasteiger partial charge in [-0.15, -0.1) is 6.42 Å². The normalized spacial score (nSPS) is 20.0. The summed E-state index contributed by atoms with van der Waals surface area (Å²) in [6.07, 6.45) is 12.6. The van der Waals surface area contributed by atoms with E-state index in [1.165, 1.54) is 19.3 Å². The number of rotatable bonds is 4. The summed E-state index contributed by atoms with van der Waals surface area (Å²) in [6.45, 7) is 4.38. The van der Waals surface area contributed by atoms with Crippen LogP contribution in [0.15, 0.2) is 30.3 Å². The van der Waals surface area contributed by atoms with Crippen LogP contribution in [0.5, 0.6) is 0 Å². The van der Waals surface area contributed by atoms with Gasteiger partial charge < -0.3 is 0 Å². The van der Waals surface area contributed by atoms with Gasteiger partial charge in [-0.1, -0.05) is 63.0 Å². The molecule has 0 bridgehead atoms. The maximum atomic E-state index is 12.7. The Morgan fingerprint density at radius 2 is 2.00 bits per heavy atom. The molecule has 1 aliphatic rings. The Balaban J connectivity index is 1.72. The second kappa shape index (κ2) is 9.58. The minimum absolute atomic E-state index is 0.0751. The van der Waals surface area contributed by atoms with E-state index < -0.39 is 0 Å². The molecule has 0 spiro atoms. The van der Waals surface area contributed by atoms with Crippen LogP contribution in [-0.2, 0) is 4.79 Å². The van der Waals surface area contributed by atoms with E-state index in [2.05, 4.69) is 31.6 Å². The summed E-state index contributed by atoms with van der Waals surface area (Å²) in [5.74, 6) is 10.3. The van der Waals surface area contributed by atoms with E-state index in [1.807, 2.05) is 24.3 Å². The van der Waals surface area contributed by atoms with Gasteiger partial charge in [0.1, 0.15) is 5.78 Å². The van der Waals surface area contributed by atoms with E-state index in [0.717, 1.165) is 41.4 Å². The van der Waals surface area contributed by atoms with Crippen molar-refractivity contribution >= 4 is 22.8 Å². The molecule has 0 heterocycles. The molecule has 0 amide bonds. The zero-order valence-corrected chi connectivity index (χ0v) is 17.3. The van der Waals surface area contributed by atoms with Crippen LogP contribution in [-0.4, -0.2) is 12.1 Å². The topological polar surface area (TPSA) is 34.1 Å². The highest BCUT2D eigenvalue weighted by atomic mass is 16.1. The quantitative estimate of drug-likeness (QED) is 0.379. The van der Waals surface area contributed by atoms with Crippen molar-refractivity contribution < 1.29 is 9.59 Å². The van der Waals surface area contributed by atoms with E-state index in [9.17, 15) is 9.59 Å². The maximum absolute atomic E-state index is 12.7. The second-order valence-electron chi connectivity index (χ2n) is 8.33. The minimum atomic E-state index is 0.0751. The van der Waals surface area contributed by atoms with Crippen LogP contribution < -0.4 is 0 Å². The number of carbonyl (C=O) groups is 2. The van der Waals surface area contributed by atoms with Crippen LogP contribution in [0.3, 0.4) is 0 Å². The Hall–Kier alpha value is -2.84. The first-order valence-corrected chi connectivity index (χ1v) is 10.5. The largest absolute Gasteiger partial charge is 0.298 e. The smallest absolute Gasteiger partial charge is 0.151 e. The summed E-state index contributed by atoms with van der Waals surface area (Å²) in [6, 6.07) is 9.43. The number of ketones is 1. The lowest BCUT2D eigenvalue weighted by Crippen LogP contribution is -2.20. The molecule has 2 heteroatoms. The summed E-state index contributed by atoms with van der Waals surface area (Å²) in [5.41, 5.74) is 1.89. The lowest BCUT2D eigenvalue weighted by molar-refractivity contribution is -0.123. The molecular formula is C27H28O2. The van der Waals surface area contributed by atoms with Gasteiger partial charge in [0.2, 0.25) is 0 Å². The monoisotopic (exact) mass is 384 g/mol. The Labute approximate surface area is 174 Å². The molecule has 1 fully saturated rings. The highest BCUT2D eigenvalue weighted by Crippen LogP contribution is 2.32. The Kier molecular flexibility index (Phi) is 6.90. The zero-order valence-electron chi connectivity index (χ0n) is 17.3. The van der Waals surface area contributed by atoms with Gasteiger partial charge in [0.15, 0.2) is 6.29 Å². The third-order valence-corrected chi connectivity index (χ3v) is 6.35. The second-order valence-corrected chi connectivity index (χ2v) is 8.33. The van der Waals surface area contributed by atoms with E-state index in [-0.39, 0.29) is 18.1 Å². The van der Waals surface area contributed by atoms with Crippen molar-refractivity contribution in [2.24, 2.45) is 17.8 Å². The van der Waals surface area contributed by atoms with Crippen molar-refractivity contribution in [3.63, 3.8) is 0 Å². The van der Waals surface area contributed by atoms with E-state index in [4.69, 9.17) is 6.42 Å². The summed E-state index contributed by atoms with van der Waals surface area (Å²) in [4.78, 5) is 24.2. The number of hydrogen-bond acceptors (Lipinski definition) is 2. The molecular weight excluding hydrogens is 356 g/mol. The molecule has 0 N–H and O–H groups in total. The molecule has 0 aliphatic heterocycles. The lowest BCUT2D eigenvalue weighted by Gasteiger charge is -2.20. The fraction of sp³-hybridized carbons (Fsp3) is 0.407. The number of aldehydes is 1. The Bertz CT molecular complexity index is 1010. The molecule has 0 saturated heterocycles. The van der Waals surface area contributed by atoms with Crippen LogP contribution >= 0.6 is 0 Å². The molecule has 2 aromatic carbocycles. The van der Waals surface area contributed by atoms with Crippen molar-refractivity contribution in [2.75, 3.05) is 0 Å². The van der Waals surface area contributed by atoms with Crippen molar-refractivity contribution in [1.82, 2.24) is 0 Å². The Morgan fingerprint density at radius 3 is 2.76 bits per heavy atom. The number of hydrogen-bond donors (Lipinski definition) is 0. The van der Waals surface area contributed by atoms with E-state index in [0.29, 0.717) is 17.0 Å². The van der Waals surface area contributed by atoms with Crippen LogP contribution in [0.1, 0.15) is 73.9 Å². The average Bonchev–Trinajstić information content (AvgIpc) is 2.96. The molecule has 1 saturated carbocycles. The van der Waals surface area contributed by atoms with Gasteiger partial charge in [-0.3, -0.25) is 9.59 Å². The first kappa shape index (κ1) is 20.9. The molecule has 2 aromatic rings. The van der Waals surface area contributed by atoms with Gasteiger partial charge in [-0.2, -0.15) is 0 Å². The fourth-order valence-corrected chi connectivity index (χ4v) is 4.35. The van der Waals surface area contributed by atoms with Crippen molar-refractivity contribution in [3.05, 3.63) is 47.0 Å². The number of terminal acetylenes is 1. The van der Waals surface area contributed by atoms with Crippen LogP contribution in [0.2, 0.25) is 0 Å². The van der Waals surface area contributed by atoms with Crippen LogP contribution in [0.4, 0.5) is 0 Å². The van der Waals surface area contributed by atoms with Gasteiger partial charge in [0.05, 0.1) is 6.42 Å². The first-order chi connectivity index (χ1) is 14.0. The van der Waals surface area contributed by atoms with Gasteiger partial charge in [0.25, 0.3) is 0 Å². The predicted octanol–water partition coefficient (Wildman–Crippen LogP) is 5.80. The van der Waals surface area contributed by atoms with Gasteiger partial charge in [-0.05, 0) is 53.6 Å². The zero-order chi connectivity index (χ0) is 20.8. The molecule has 3 unspecified atom stereocenters. The van der Waals surface area contributed by atoms with Crippen molar-refractivity contribution in [3.8, 4) is 24.2 Å². The highest BCUT2D eigenvalue weighted by molar-refractivity contribution is 6.01. The van der Waals surface area contributed by atoms with Crippen LogP contribution in [0.25, 0.3) is 10.8 Å². The average molecular weight is 385 g/mol. The molecule has 1 aliphatic carbocycles. The molecule has 2 nitrogen and oxygen atoms in total.